The van der Waals surface area contributed by atoms with Crippen LogP contribution in [0.15, 0.2) is 77.3 Å². The third kappa shape index (κ3) is 6.30. The predicted octanol–water partition coefficient (Wildman–Crippen LogP) is 3.87. The zero-order valence-corrected chi connectivity index (χ0v) is 29.5. The molecule has 0 radical (unpaired) electrons. The number of benzene rings is 2. The van der Waals surface area contributed by atoms with Crippen LogP contribution in [0, 0.1) is 11.8 Å². The standard InChI is InChI=1S/C37H43BrN4O7/c1-4-40(5-2)25-15-17-26(18-16-25)41-19-11-7-10-14-29(44)39-21-23(3)48-36(47)30-31-34(45)42(28(22-43)24-12-8-6-9-13-24)33(35(41)46)37(31)20-27(38)32(30)49-37/h6-9,11-13,15-18,20,23,28,30-33,43H,4-5,10,14,19,21-22H2,1-3H3,(H,39,44)/b11-7-/t23-,28+,30+,31-,32+,33+,37-/m0/s1. The van der Waals surface area contributed by atoms with E-state index in [1.807, 2.05) is 54.6 Å². The molecule has 7 atom stereocenters. The second-order valence-electron chi connectivity index (χ2n) is 12.9. The summed E-state index contributed by atoms with van der Waals surface area (Å²) in [5, 5.41) is 13.7. The van der Waals surface area contributed by atoms with Crippen LogP contribution in [0.2, 0.25) is 0 Å². The highest BCUT2D eigenvalue weighted by Gasteiger charge is 2.75. The van der Waals surface area contributed by atoms with Gasteiger partial charge >= 0.3 is 5.97 Å². The van der Waals surface area contributed by atoms with Gasteiger partial charge in [-0.05, 0) is 63.1 Å². The van der Waals surface area contributed by atoms with Crippen LogP contribution in [0.3, 0.4) is 0 Å². The Bertz CT molecular complexity index is 1630. The van der Waals surface area contributed by atoms with Crippen molar-refractivity contribution in [1.82, 2.24) is 10.2 Å². The van der Waals surface area contributed by atoms with Crippen LogP contribution in [0.1, 0.15) is 45.2 Å². The van der Waals surface area contributed by atoms with E-state index in [9.17, 15) is 19.5 Å². The molecule has 2 saturated heterocycles. The van der Waals surface area contributed by atoms with Crippen molar-refractivity contribution >= 4 is 51.0 Å². The van der Waals surface area contributed by atoms with Crippen LogP contribution < -0.4 is 15.1 Å². The number of likely N-dealkylation sites (tertiary alicyclic amines) is 1. The second-order valence-corrected chi connectivity index (χ2v) is 13.8. The number of carbonyl (C=O) groups excluding carboxylic acids is 4. The SMILES string of the molecule is CCN(CC)c1ccc(N2C/C=C\CCC(=O)NC[C@H](C)OC(=O)[C@H]3[C@@H]4O[C@@]5(C=C4Br)[C@@H]3C(=O)N([C@H](CO)c3ccccc3)[C@@H]5C2=O)cc1. The van der Waals surface area contributed by atoms with Crippen LogP contribution >= 0.6 is 15.9 Å². The van der Waals surface area contributed by atoms with Crippen LogP contribution in [0.25, 0.3) is 0 Å². The number of ether oxygens (including phenoxy) is 2. The van der Waals surface area contributed by atoms with Crippen LogP contribution in [0.4, 0.5) is 11.4 Å². The zero-order chi connectivity index (χ0) is 34.9. The molecular weight excluding hydrogens is 692 g/mol. The lowest BCUT2D eigenvalue weighted by atomic mass is 9.74. The van der Waals surface area contributed by atoms with Gasteiger partial charge in [-0.15, -0.1) is 0 Å². The van der Waals surface area contributed by atoms with Crippen molar-refractivity contribution in [3.63, 3.8) is 0 Å². The minimum atomic E-state index is -1.52. The van der Waals surface area contributed by atoms with Crippen molar-refractivity contribution in [2.75, 3.05) is 42.6 Å². The third-order valence-electron chi connectivity index (χ3n) is 10.0. The van der Waals surface area contributed by atoms with E-state index in [1.54, 1.807) is 30.0 Å². The number of carbonyl (C=O) groups is 4. The number of rotatable bonds is 7. The van der Waals surface area contributed by atoms with Crippen LogP contribution in [0.5, 0.6) is 0 Å². The van der Waals surface area contributed by atoms with Gasteiger partial charge in [-0.3, -0.25) is 19.2 Å². The topological polar surface area (TPSA) is 129 Å². The molecule has 5 bridgehead atoms. The summed E-state index contributed by atoms with van der Waals surface area (Å²) in [6.45, 7) is 7.28. The van der Waals surface area contributed by atoms with Crippen LogP contribution in [-0.2, 0) is 28.7 Å². The number of nitrogens with one attached hydrogen (secondary N) is 1. The molecule has 0 aromatic heterocycles. The Balaban J connectivity index is 1.50. The Morgan fingerprint density at radius 3 is 2.41 bits per heavy atom. The Morgan fingerprint density at radius 1 is 1.02 bits per heavy atom. The lowest BCUT2D eigenvalue weighted by Crippen LogP contribution is -2.57. The smallest absolute Gasteiger partial charge is 0.313 e. The fourth-order valence-corrected chi connectivity index (χ4v) is 8.39. The number of amides is 3. The fraction of sp³-hybridized carbons (Fsp3) is 0.459. The Morgan fingerprint density at radius 2 is 1.73 bits per heavy atom. The molecule has 2 N–H and O–H groups in total. The molecular formula is C37H43BrN4O7. The summed E-state index contributed by atoms with van der Waals surface area (Å²) in [7, 11) is 0. The number of esters is 1. The monoisotopic (exact) mass is 734 g/mol. The molecule has 1 spiro atoms. The molecule has 12 heteroatoms. The Kier molecular flexibility index (Phi) is 10.3. The second kappa shape index (κ2) is 14.5. The first-order valence-corrected chi connectivity index (χ1v) is 17.8. The lowest BCUT2D eigenvalue weighted by molar-refractivity contribution is -0.159. The van der Waals surface area contributed by atoms with Gasteiger partial charge in [-0.25, -0.2) is 0 Å². The van der Waals surface area contributed by atoms with Crippen molar-refractivity contribution in [2.45, 2.75) is 63.5 Å². The third-order valence-corrected chi connectivity index (χ3v) is 10.7. The summed E-state index contributed by atoms with van der Waals surface area (Å²) in [6.07, 6.45) is 4.60. The first kappa shape index (κ1) is 34.8. The summed E-state index contributed by atoms with van der Waals surface area (Å²) in [5.74, 6) is -3.88. The predicted molar refractivity (Wildman–Crippen MR) is 188 cm³/mol. The van der Waals surface area contributed by atoms with Gasteiger partial charge in [0.2, 0.25) is 11.8 Å². The molecule has 2 aromatic rings. The number of allylic oxidation sites excluding steroid dienone is 1. The average Bonchev–Trinajstić information content (AvgIpc) is 3.70. The number of cyclic esters (lactones) is 1. The molecule has 6 rings (SSSR count). The van der Waals surface area contributed by atoms with E-state index < -0.39 is 66.1 Å². The fourth-order valence-electron chi connectivity index (χ4n) is 7.65. The van der Waals surface area contributed by atoms with Crippen molar-refractivity contribution in [3.8, 4) is 0 Å². The summed E-state index contributed by atoms with van der Waals surface area (Å²) >= 11 is 3.59. The molecule has 4 heterocycles. The molecule has 0 aliphatic carbocycles. The van der Waals surface area contributed by atoms with E-state index in [1.165, 1.54) is 4.90 Å². The van der Waals surface area contributed by atoms with E-state index in [0.29, 0.717) is 22.2 Å². The van der Waals surface area contributed by atoms with E-state index in [4.69, 9.17) is 9.47 Å². The number of halogens is 1. The molecule has 11 nitrogen and oxygen atoms in total. The molecule has 49 heavy (non-hydrogen) atoms. The number of hydrogen-bond donors (Lipinski definition) is 2. The highest BCUT2D eigenvalue weighted by atomic mass is 79.9. The highest BCUT2D eigenvalue weighted by Crippen LogP contribution is 2.60. The maximum atomic E-state index is 15.3. The van der Waals surface area contributed by atoms with Gasteiger partial charge in [0, 0.05) is 41.9 Å². The molecule has 2 aromatic carbocycles. The largest absolute Gasteiger partial charge is 0.460 e. The summed E-state index contributed by atoms with van der Waals surface area (Å²) in [5.41, 5.74) is 0.743. The van der Waals surface area contributed by atoms with Gasteiger partial charge in [-0.1, -0.05) is 58.4 Å². The van der Waals surface area contributed by atoms with Crippen LogP contribution in [-0.4, -0.2) is 90.3 Å². The van der Waals surface area contributed by atoms with Gasteiger partial charge in [0.1, 0.15) is 29.8 Å². The first-order chi connectivity index (χ1) is 23.6. The van der Waals surface area contributed by atoms with E-state index >= 15 is 4.79 Å². The van der Waals surface area contributed by atoms with Crippen molar-refractivity contribution in [2.24, 2.45) is 11.8 Å². The Hall–Kier alpha value is -4.00. The Labute approximate surface area is 295 Å². The zero-order valence-electron chi connectivity index (χ0n) is 28.0. The van der Waals surface area contributed by atoms with E-state index in [-0.39, 0.29) is 25.4 Å². The first-order valence-electron chi connectivity index (χ1n) is 17.0. The summed E-state index contributed by atoms with van der Waals surface area (Å²) < 4.78 is 13.0. The molecule has 2 fully saturated rings. The number of aliphatic hydroxyl groups excluding tert-OH is 1. The van der Waals surface area contributed by atoms with Gasteiger partial charge in [0.05, 0.1) is 25.1 Å². The average molecular weight is 736 g/mol. The maximum Gasteiger partial charge on any atom is 0.313 e. The molecule has 0 saturated carbocycles. The summed E-state index contributed by atoms with van der Waals surface area (Å²) in [6, 6.07) is 14.6. The van der Waals surface area contributed by atoms with E-state index in [2.05, 4.69) is 40.0 Å². The molecule has 4 aliphatic rings. The van der Waals surface area contributed by atoms with Gasteiger partial charge in [0.15, 0.2) is 0 Å². The number of aliphatic hydroxyl groups is 1. The number of fused-ring (bicyclic) bond motifs is 2. The van der Waals surface area contributed by atoms with E-state index in [0.717, 1.165) is 18.8 Å². The molecule has 3 amide bonds. The lowest BCUT2D eigenvalue weighted by Gasteiger charge is -2.39. The van der Waals surface area contributed by atoms with Gasteiger partial charge in [-0.2, -0.15) is 0 Å². The number of nitrogens with zero attached hydrogens (tertiary/aromatic N) is 3. The molecule has 260 valence electrons. The minimum absolute atomic E-state index is 0.110. The highest BCUT2D eigenvalue weighted by molar-refractivity contribution is 9.11. The molecule has 0 unspecified atom stereocenters. The molecule has 4 aliphatic heterocycles. The normalized spacial score (nSPS) is 30.1. The van der Waals surface area contributed by atoms with Crippen molar-refractivity contribution in [3.05, 3.63) is 82.9 Å². The maximum absolute atomic E-state index is 15.3. The van der Waals surface area contributed by atoms with Crippen molar-refractivity contribution < 1.29 is 33.8 Å². The minimum Gasteiger partial charge on any atom is -0.460 e. The van der Waals surface area contributed by atoms with Crippen molar-refractivity contribution in [1.29, 1.82) is 0 Å². The van der Waals surface area contributed by atoms with Gasteiger partial charge < -0.3 is 34.6 Å². The number of hydrogen-bond acceptors (Lipinski definition) is 8. The van der Waals surface area contributed by atoms with Gasteiger partial charge in [0.25, 0.3) is 5.91 Å². The summed E-state index contributed by atoms with van der Waals surface area (Å²) in [4.78, 5) is 61.7. The quantitative estimate of drug-likeness (QED) is 0.324. The number of anilines is 2.